The maximum Gasteiger partial charge on any atom is 0.362 e. The van der Waals surface area contributed by atoms with Gasteiger partial charge in [-0.3, -0.25) is 29.6 Å². The number of nitrogens with zero attached hydrogens (tertiary/aromatic N) is 3. The van der Waals surface area contributed by atoms with E-state index < -0.39 is 37.3 Å². The monoisotopic (exact) mass is 846 g/mol. The fraction of sp³-hybridized carbons (Fsp3) is 0.390. The van der Waals surface area contributed by atoms with Crippen LogP contribution in [0.25, 0.3) is 0 Å². The molecule has 0 saturated carbocycles. The van der Waals surface area contributed by atoms with Gasteiger partial charge in [0.05, 0.1) is 30.8 Å². The Morgan fingerprint density at radius 2 is 1.75 bits per heavy atom. The molecule has 3 unspecified atom stereocenters. The number of hydrogen-bond acceptors (Lipinski definition) is 14. The Bertz CT molecular complexity index is 2230. The lowest BCUT2D eigenvalue weighted by molar-refractivity contribution is -0.135. The van der Waals surface area contributed by atoms with Gasteiger partial charge in [-0.2, -0.15) is 4.98 Å². The average molecular weight is 847 g/mol. The molecule has 0 aliphatic carbocycles. The number of carbonyl (C=O) groups is 3. The number of carbonyl (C=O) groups excluding carboxylic acids is 3. The van der Waals surface area contributed by atoms with Gasteiger partial charge in [0, 0.05) is 56.7 Å². The van der Waals surface area contributed by atoms with E-state index in [4.69, 9.17) is 35.1 Å². The first-order valence-corrected chi connectivity index (χ1v) is 21.3. The molecule has 3 aromatic carbocycles. The molecule has 59 heavy (non-hydrogen) atoms. The molecule has 0 radical (unpaired) electrons. The third kappa shape index (κ3) is 8.93. The van der Waals surface area contributed by atoms with Crippen molar-refractivity contribution in [3.63, 3.8) is 0 Å². The molecule has 3 aliphatic rings. The van der Waals surface area contributed by atoms with Crippen molar-refractivity contribution >= 4 is 59.7 Å². The lowest BCUT2D eigenvalue weighted by Crippen LogP contribution is -2.65. The number of imide groups is 1. The Morgan fingerprint density at radius 1 is 1.00 bits per heavy atom. The van der Waals surface area contributed by atoms with E-state index in [2.05, 4.69) is 38.5 Å². The minimum atomic E-state index is -3.65. The summed E-state index contributed by atoms with van der Waals surface area (Å²) in [6.45, 7) is 3.49. The van der Waals surface area contributed by atoms with E-state index in [9.17, 15) is 18.9 Å². The molecule has 2 saturated heterocycles. The van der Waals surface area contributed by atoms with Crippen LogP contribution in [0.2, 0.25) is 5.02 Å². The van der Waals surface area contributed by atoms with Gasteiger partial charge in [0.1, 0.15) is 22.2 Å². The highest BCUT2D eigenvalue weighted by Gasteiger charge is 2.45. The van der Waals surface area contributed by atoms with Gasteiger partial charge in [0.25, 0.3) is 5.91 Å². The van der Waals surface area contributed by atoms with E-state index in [1.165, 1.54) is 20.4 Å². The summed E-state index contributed by atoms with van der Waals surface area (Å²) in [6, 6.07) is 19.6. The number of methoxy groups -OCH3 is 1. The highest BCUT2D eigenvalue weighted by atomic mass is 35.5. The van der Waals surface area contributed by atoms with Crippen LogP contribution in [0.4, 0.5) is 17.5 Å². The van der Waals surface area contributed by atoms with Crippen molar-refractivity contribution in [3.05, 3.63) is 94.6 Å². The van der Waals surface area contributed by atoms with Gasteiger partial charge in [-0.1, -0.05) is 55.3 Å². The SMILES string of the molecule is CCCC(NC1(Nc2ncc(Cl)c(Nc3ccccc3P(=O)(OC)OC)n2)CCNCC1c1ccc(OC)cc1)Oc1cccc2c1CN(C1CC(=O)NC(=O)C1)C2=O. The van der Waals surface area contributed by atoms with Crippen LogP contribution >= 0.6 is 19.2 Å². The predicted octanol–water partition coefficient (Wildman–Crippen LogP) is 5.43. The van der Waals surface area contributed by atoms with E-state index in [1.807, 2.05) is 30.3 Å². The Hall–Kier alpha value is -5.09. The van der Waals surface area contributed by atoms with Crippen LogP contribution in [0.15, 0.2) is 72.9 Å². The number of fused-ring (bicyclic) bond motifs is 1. The van der Waals surface area contributed by atoms with Crippen LogP contribution in [0.3, 0.4) is 0 Å². The molecular weight excluding hydrogens is 799 g/mol. The number of rotatable bonds is 16. The molecule has 5 N–H and O–H groups in total. The van der Waals surface area contributed by atoms with Crippen LogP contribution in [0.1, 0.15) is 66.4 Å². The van der Waals surface area contributed by atoms with Crippen molar-refractivity contribution in [2.24, 2.45) is 0 Å². The minimum Gasteiger partial charge on any atom is -0.497 e. The topological polar surface area (TPSA) is 194 Å². The number of amides is 3. The molecule has 0 spiro atoms. The number of ether oxygens (including phenoxy) is 2. The first-order valence-electron chi connectivity index (χ1n) is 19.4. The highest BCUT2D eigenvalue weighted by Crippen LogP contribution is 2.47. The molecule has 3 aliphatic heterocycles. The van der Waals surface area contributed by atoms with Crippen molar-refractivity contribution in [3.8, 4) is 11.5 Å². The van der Waals surface area contributed by atoms with E-state index >= 15 is 0 Å². The molecule has 4 heterocycles. The van der Waals surface area contributed by atoms with Crippen LogP contribution in [-0.2, 0) is 29.7 Å². The fourth-order valence-corrected chi connectivity index (χ4v) is 9.36. The average Bonchev–Trinajstić information content (AvgIpc) is 3.58. The van der Waals surface area contributed by atoms with Gasteiger partial charge < -0.3 is 39.4 Å². The van der Waals surface area contributed by atoms with Crippen LogP contribution in [0.5, 0.6) is 11.5 Å². The number of para-hydroxylation sites is 1. The standard InChI is InChI=1S/C41H48ClN8O8P/c1-5-9-37(58-33-12-8-10-28-29(33)24-50(39(28)53)26-20-35(51)46-36(52)21-26)48-41(18-19-43-22-30(41)25-14-16-27(55-2)17-15-25)49-40-44-23-31(42)38(47-40)45-32-11-6-7-13-34(32)59(54,56-3)57-4/h6-8,10-17,23,26,30,37,43,48H,5,9,18-22,24H2,1-4H3,(H,46,51,52)(H2,44,45,47,49). The number of piperidine rings is 2. The van der Waals surface area contributed by atoms with Gasteiger partial charge in [-0.25, -0.2) is 4.98 Å². The van der Waals surface area contributed by atoms with Crippen molar-refractivity contribution in [2.75, 3.05) is 45.1 Å². The van der Waals surface area contributed by atoms with Gasteiger partial charge >= 0.3 is 7.60 Å². The summed E-state index contributed by atoms with van der Waals surface area (Å²) in [7, 11) is 0.614. The van der Waals surface area contributed by atoms with Crippen molar-refractivity contribution < 1.29 is 37.5 Å². The van der Waals surface area contributed by atoms with E-state index in [0.717, 1.165) is 17.7 Å². The molecule has 0 bridgehead atoms. The van der Waals surface area contributed by atoms with Crippen molar-refractivity contribution in [1.29, 1.82) is 0 Å². The van der Waals surface area contributed by atoms with Crippen LogP contribution < -0.4 is 41.4 Å². The number of aromatic nitrogens is 2. The van der Waals surface area contributed by atoms with Gasteiger partial charge in [0.2, 0.25) is 17.8 Å². The lowest BCUT2D eigenvalue weighted by Gasteiger charge is -2.47. The summed E-state index contributed by atoms with van der Waals surface area (Å²) >= 11 is 6.69. The second kappa shape index (κ2) is 18.0. The first-order chi connectivity index (χ1) is 28.5. The summed E-state index contributed by atoms with van der Waals surface area (Å²) in [5.74, 6) is 0.519. The highest BCUT2D eigenvalue weighted by molar-refractivity contribution is 7.62. The van der Waals surface area contributed by atoms with Gasteiger partial charge in [-0.15, -0.1) is 0 Å². The molecule has 18 heteroatoms. The normalized spacial score (nSPS) is 20.2. The summed E-state index contributed by atoms with van der Waals surface area (Å²) in [4.78, 5) is 49.2. The molecule has 3 amide bonds. The number of halogens is 1. The molecule has 4 aromatic rings. The Kier molecular flexibility index (Phi) is 12.9. The minimum absolute atomic E-state index is 0.0499. The van der Waals surface area contributed by atoms with E-state index in [-0.39, 0.29) is 48.0 Å². The molecule has 1 aromatic heterocycles. The molecule has 3 atom stereocenters. The summed E-state index contributed by atoms with van der Waals surface area (Å²) in [5, 5.41) is 17.1. The number of anilines is 3. The number of nitrogens with one attached hydrogen (secondary N) is 5. The Morgan fingerprint density at radius 3 is 2.46 bits per heavy atom. The van der Waals surface area contributed by atoms with Crippen molar-refractivity contribution in [1.82, 2.24) is 30.8 Å². The largest absolute Gasteiger partial charge is 0.497 e. The second-order valence-electron chi connectivity index (χ2n) is 14.6. The Labute approximate surface area is 347 Å². The summed E-state index contributed by atoms with van der Waals surface area (Å²) in [5.41, 5.74) is 1.70. The van der Waals surface area contributed by atoms with Gasteiger partial charge in [-0.05, 0) is 61.3 Å². The summed E-state index contributed by atoms with van der Waals surface area (Å²) < 4.78 is 36.4. The lowest BCUT2D eigenvalue weighted by atomic mass is 9.80. The predicted molar refractivity (Wildman–Crippen MR) is 223 cm³/mol. The zero-order chi connectivity index (χ0) is 41.7. The third-order valence-electron chi connectivity index (χ3n) is 10.9. The number of hydrogen-bond donors (Lipinski definition) is 5. The maximum atomic E-state index is 13.7. The number of benzene rings is 3. The smallest absolute Gasteiger partial charge is 0.362 e. The van der Waals surface area contributed by atoms with Crippen LogP contribution in [-0.4, -0.2) is 84.9 Å². The molecule has 312 valence electrons. The zero-order valence-electron chi connectivity index (χ0n) is 33.2. The van der Waals surface area contributed by atoms with Crippen molar-refractivity contribution in [2.45, 2.75) is 69.4 Å². The van der Waals surface area contributed by atoms with Crippen LogP contribution in [0, 0.1) is 0 Å². The zero-order valence-corrected chi connectivity index (χ0v) is 34.9. The molecular formula is C41H48ClN8O8P. The Balaban J connectivity index is 1.23. The molecule has 16 nitrogen and oxygen atoms in total. The fourth-order valence-electron chi connectivity index (χ4n) is 7.98. The first kappa shape index (κ1) is 42.0. The summed E-state index contributed by atoms with van der Waals surface area (Å²) in [6.07, 6.45) is 2.93. The molecule has 7 rings (SSSR count). The maximum absolute atomic E-state index is 13.7. The quantitative estimate of drug-likeness (QED) is 0.0544. The molecule has 2 fully saturated rings. The second-order valence-corrected chi connectivity index (χ2v) is 17.2. The van der Waals surface area contributed by atoms with E-state index in [0.29, 0.717) is 53.8 Å². The third-order valence-corrected chi connectivity index (χ3v) is 13.1. The van der Waals surface area contributed by atoms with E-state index in [1.54, 1.807) is 48.4 Å². The van der Waals surface area contributed by atoms with Gasteiger partial charge in [0.15, 0.2) is 12.0 Å².